The topological polar surface area (TPSA) is 38.8 Å². The van der Waals surface area contributed by atoms with Gasteiger partial charge in [-0.2, -0.15) is 0 Å². The molecule has 1 amide bonds. The molecule has 0 aromatic heterocycles. The fraction of sp³-hybridized carbons (Fsp3) is 0.435. The molecule has 0 aliphatic carbocycles. The van der Waals surface area contributed by atoms with Crippen LogP contribution in [0.3, 0.4) is 0 Å². The summed E-state index contributed by atoms with van der Waals surface area (Å²) in [7, 11) is 4.31. The van der Waals surface area contributed by atoms with Crippen molar-refractivity contribution in [1.82, 2.24) is 15.1 Å². The van der Waals surface area contributed by atoms with E-state index in [4.69, 9.17) is 11.6 Å². The molecule has 1 fully saturated rings. The lowest BCUT2D eigenvalue weighted by atomic mass is 10.00. The van der Waals surface area contributed by atoms with Gasteiger partial charge in [0.05, 0.1) is 6.04 Å². The highest BCUT2D eigenvalue weighted by Gasteiger charge is 2.26. The molecule has 0 unspecified atom stereocenters. The van der Waals surface area contributed by atoms with Crippen LogP contribution < -0.4 is 10.2 Å². The van der Waals surface area contributed by atoms with Crippen LogP contribution in [0.2, 0.25) is 5.02 Å². The molecule has 0 bridgehead atoms. The fourth-order valence-electron chi connectivity index (χ4n) is 4.31. The minimum atomic E-state index is -0.0764. The number of nitrogens with zero attached hydrogens (tertiary/aromatic N) is 3. The molecule has 4 rings (SSSR count). The second kappa shape index (κ2) is 8.74. The first kappa shape index (κ1) is 20.2. The number of nitrogens with one attached hydrogen (secondary N) is 1. The Balaban J connectivity index is 1.53. The summed E-state index contributed by atoms with van der Waals surface area (Å²) >= 11 is 6.05. The number of carbonyl (C=O) groups is 1. The minimum absolute atomic E-state index is 0.0764. The first-order chi connectivity index (χ1) is 14.0. The summed E-state index contributed by atoms with van der Waals surface area (Å²) in [5.74, 6) is -0.0764. The lowest BCUT2D eigenvalue weighted by Crippen LogP contribution is -2.48. The first-order valence-electron chi connectivity index (χ1n) is 10.3. The van der Waals surface area contributed by atoms with Crippen LogP contribution in [0.15, 0.2) is 42.5 Å². The summed E-state index contributed by atoms with van der Waals surface area (Å²) in [5, 5.41) is 3.73. The zero-order chi connectivity index (χ0) is 20.4. The molecule has 0 saturated carbocycles. The highest BCUT2D eigenvalue weighted by molar-refractivity contribution is 6.30. The molecule has 1 atom stereocenters. The third kappa shape index (κ3) is 4.58. The van der Waals surface area contributed by atoms with Gasteiger partial charge in [-0.25, -0.2) is 0 Å². The van der Waals surface area contributed by atoms with Gasteiger partial charge in [0.25, 0.3) is 5.91 Å². The van der Waals surface area contributed by atoms with Gasteiger partial charge in [0, 0.05) is 62.6 Å². The molecule has 2 aromatic carbocycles. The second-order valence-corrected chi connectivity index (χ2v) is 8.57. The Morgan fingerprint density at radius 1 is 1.07 bits per heavy atom. The van der Waals surface area contributed by atoms with E-state index in [1.54, 1.807) is 18.2 Å². The van der Waals surface area contributed by atoms with Gasteiger partial charge < -0.3 is 15.1 Å². The molecular formula is C23H29ClN4O. The number of benzene rings is 2. The predicted molar refractivity (Wildman–Crippen MR) is 119 cm³/mol. The Bertz CT molecular complexity index is 879. The van der Waals surface area contributed by atoms with Gasteiger partial charge in [0.2, 0.25) is 0 Å². The molecule has 2 aromatic rings. The summed E-state index contributed by atoms with van der Waals surface area (Å²) < 4.78 is 0. The number of carbonyl (C=O) groups excluding carboxylic acids is 1. The maximum atomic E-state index is 12.7. The molecule has 2 aliphatic rings. The highest BCUT2D eigenvalue weighted by atomic mass is 35.5. The van der Waals surface area contributed by atoms with Crippen LogP contribution in [0.25, 0.3) is 0 Å². The van der Waals surface area contributed by atoms with Crippen LogP contribution in [0, 0.1) is 0 Å². The summed E-state index contributed by atoms with van der Waals surface area (Å²) in [5.41, 5.74) is 4.62. The maximum Gasteiger partial charge on any atom is 0.251 e. The molecule has 0 spiro atoms. The molecule has 6 heteroatoms. The van der Waals surface area contributed by atoms with Crippen molar-refractivity contribution in [3.8, 4) is 0 Å². The Morgan fingerprint density at radius 3 is 2.62 bits per heavy atom. The van der Waals surface area contributed by atoms with E-state index < -0.39 is 0 Å². The van der Waals surface area contributed by atoms with Crippen molar-refractivity contribution in [3.63, 3.8) is 0 Å². The van der Waals surface area contributed by atoms with Gasteiger partial charge in [-0.05, 0) is 48.9 Å². The van der Waals surface area contributed by atoms with E-state index in [1.165, 1.54) is 16.8 Å². The highest BCUT2D eigenvalue weighted by Crippen LogP contribution is 2.31. The molecular weight excluding hydrogens is 384 g/mol. The molecule has 2 aliphatic heterocycles. The molecule has 0 radical (unpaired) electrons. The van der Waals surface area contributed by atoms with E-state index >= 15 is 0 Å². The molecule has 154 valence electrons. The molecule has 1 N–H and O–H groups in total. The summed E-state index contributed by atoms with van der Waals surface area (Å²) in [4.78, 5) is 19.9. The first-order valence-corrected chi connectivity index (χ1v) is 10.7. The average Bonchev–Trinajstić information content (AvgIpc) is 3.09. The van der Waals surface area contributed by atoms with Crippen LogP contribution in [0.5, 0.6) is 0 Å². The largest absolute Gasteiger partial charge is 0.374 e. The van der Waals surface area contributed by atoms with Crippen molar-refractivity contribution in [1.29, 1.82) is 0 Å². The monoisotopic (exact) mass is 412 g/mol. The Morgan fingerprint density at radius 2 is 1.86 bits per heavy atom. The van der Waals surface area contributed by atoms with Crippen molar-refractivity contribution in [2.75, 3.05) is 58.3 Å². The van der Waals surface area contributed by atoms with Gasteiger partial charge in [-0.3, -0.25) is 9.69 Å². The smallest absolute Gasteiger partial charge is 0.251 e. The standard InChI is InChI=1S/C23H29ClN4O/c1-26-10-12-28(13-11-26)22(16-25-23(29)19-4-3-5-20(24)15-19)17-6-7-21-18(14-17)8-9-27(21)2/h3-7,14-15,22H,8-13,16H2,1-2H3,(H,25,29)/t22-/m0/s1. The molecule has 29 heavy (non-hydrogen) atoms. The minimum Gasteiger partial charge on any atom is -0.374 e. The number of hydrogen-bond donors (Lipinski definition) is 1. The fourth-order valence-corrected chi connectivity index (χ4v) is 4.50. The van der Waals surface area contributed by atoms with Crippen LogP contribution in [-0.4, -0.2) is 69.1 Å². The van der Waals surface area contributed by atoms with Crippen LogP contribution in [0.1, 0.15) is 27.5 Å². The van der Waals surface area contributed by atoms with Crippen molar-refractivity contribution in [3.05, 3.63) is 64.2 Å². The van der Waals surface area contributed by atoms with Gasteiger partial charge in [0.15, 0.2) is 0 Å². The van der Waals surface area contributed by atoms with E-state index in [-0.39, 0.29) is 11.9 Å². The lowest BCUT2D eigenvalue weighted by Gasteiger charge is -2.38. The number of anilines is 1. The van der Waals surface area contributed by atoms with Crippen molar-refractivity contribution >= 4 is 23.2 Å². The second-order valence-electron chi connectivity index (χ2n) is 8.14. The zero-order valence-corrected chi connectivity index (χ0v) is 18.0. The van der Waals surface area contributed by atoms with E-state index in [0.29, 0.717) is 17.1 Å². The van der Waals surface area contributed by atoms with E-state index in [0.717, 1.165) is 39.1 Å². The summed E-state index contributed by atoms with van der Waals surface area (Å²) in [6, 6.07) is 14.1. The number of rotatable bonds is 5. The van der Waals surface area contributed by atoms with Crippen molar-refractivity contribution < 1.29 is 4.79 Å². The van der Waals surface area contributed by atoms with Crippen LogP contribution in [-0.2, 0) is 6.42 Å². The van der Waals surface area contributed by atoms with Gasteiger partial charge in [-0.1, -0.05) is 29.8 Å². The van der Waals surface area contributed by atoms with Crippen LogP contribution >= 0.6 is 11.6 Å². The van der Waals surface area contributed by atoms with E-state index in [1.807, 2.05) is 6.07 Å². The van der Waals surface area contributed by atoms with Crippen molar-refractivity contribution in [2.24, 2.45) is 0 Å². The Labute approximate surface area is 178 Å². The van der Waals surface area contributed by atoms with Gasteiger partial charge >= 0.3 is 0 Å². The zero-order valence-electron chi connectivity index (χ0n) is 17.2. The van der Waals surface area contributed by atoms with E-state index in [9.17, 15) is 4.79 Å². The average molecular weight is 413 g/mol. The third-order valence-corrected chi connectivity index (χ3v) is 6.37. The van der Waals surface area contributed by atoms with Gasteiger partial charge in [-0.15, -0.1) is 0 Å². The summed E-state index contributed by atoms with van der Waals surface area (Å²) in [6.07, 6.45) is 1.09. The Kier molecular flexibility index (Phi) is 6.09. The molecule has 5 nitrogen and oxygen atoms in total. The van der Waals surface area contributed by atoms with E-state index in [2.05, 4.69) is 52.3 Å². The predicted octanol–water partition coefficient (Wildman–Crippen LogP) is 3.05. The van der Waals surface area contributed by atoms with Gasteiger partial charge in [0.1, 0.15) is 0 Å². The quantitative estimate of drug-likeness (QED) is 0.819. The SMILES string of the molecule is CN1CCN([C@@H](CNC(=O)c2cccc(Cl)c2)c2ccc3c(c2)CCN3C)CC1. The number of fused-ring (bicyclic) bond motifs is 1. The maximum absolute atomic E-state index is 12.7. The lowest BCUT2D eigenvalue weighted by molar-refractivity contribution is 0.0886. The molecule has 1 saturated heterocycles. The number of halogens is 1. The number of hydrogen-bond acceptors (Lipinski definition) is 4. The summed E-state index contributed by atoms with van der Waals surface area (Å²) in [6.45, 7) is 5.77. The number of likely N-dealkylation sites (N-methyl/N-ethyl adjacent to an activating group) is 2. The van der Waals surface area contributed by atoms with Crippen LogP contribution in [0.4, 0.5) is 5.69 Å². The molecule has 2 heterocycles. The normalized spacial score (nSPS) is 18.5. The van der Waals surface area contributed by atoms with Crippen molar-refractivity contribution in [2.45, 2.75) is 12.5 Å². The Hall–Kier alpha value is -2.08. The number of amides is 1. The number of piperazine rings is 1. The third-order valence-electron chi connectivity index (χ3n) is 6.14.